The van der Waals surface area contributed by atoms with Crippen LogP contribution in [0.4, 0.5) is 0 Å². The molecule has 0 amide bonds. The van der Waals surface area contributed by atoms with Gasteiger partial charge >= 0.3 is 5.97 Å². The molecule has 0 radical (unpaired) electrons. The highest BCUT2D eigenvalue weighted by Gasteiger charge is 2.20. The van der Waals surface area contributed by atoms with Crippen molar-refractivity contribution in [1.82, 2.24) is 4.90 Å². The number of aromatic carboxylic acids is 1. The van der Waals surface area contributed by atoms with Gasteiger partial charge in [-0.2, -0.15) is 0 Å². The van der Waals surface area contributed by atoms with E-state index in [9.17, 15) is 15.0 Å². The Morgan fingerprint density at radius 1 is 1.04 bits per heavy atom. The molecule has 0 heterocycles. The normalized spacial score (nSPS) is 12.3. The lowest BCUT2D eigenvalue weighted by molar-refractivity contribution is 0.0691. The van der Waals surface area contributed by atoms with Gasteiger partial charge in [0.25, 0.3) is 0 Å². The number of benzene rings is 2. The van der Waals surface area contributed by atoms with Gasteiger partial charge in [0.2, 0.25) is 0 Å². The minimum atomic E-state index is -0.918. The van der Waals surface area contributed by atoms with Crippen LogP contribution < -0.4 is 0 Å². The van der Waals surface area contributed by atoms with E-state index in [0.717, 1.165) is 12.0 Å². The number of nitrogens with zero attached hydrogens (tertiary/aromatic N) is 1. The Balaban J connectivity index is 2.30. The van der Waals surface area contributed by atoms with E-state index >= 15 is 0 Å². The molecular weight excluding hydrogens is 302 g/mol. The summed E-state index contributed by atoms with van der Waals surface area (Å²) in [6.45, 7) is 5.33. The van der Waals surface area contributed by atoms with Crippen LogP contribution in [0.5, 0.6) is 0 Å². The van der Waals surface area contributed by atoms with Crippen LogP contribution in [-0.4, -0.2) is 33.7 Å². The van der Waals surface area contributed by atoms with Gasteiger partial charge < -0.3 is 10.2 Å². The highest BCUT2D eigenvalue weighted by atomic mass is 16.4. The van der Waals surface area contributed by atoms with Gasteiger partial charge in [0.1, 0.15) is 0 Å². The van der Waals surface area contributed by atoms with Gasteiger partial charge in [-0.15, -0.1) is 0 Å². The first-order valence-electron chi connectivity index (χ1n) is 8.27. The predicted molar refractivity (Wildman–Crippen MR) is 95.0 cm³/mol. The Hall–Kier alpha value is -2.17. The van der Waals surface area contributed by atoms with Crippen LogP contribution >= 0.6 is 0 Å². The summed E-state index contributed by atoms with van der Waals surface area (Å²) in [6, 6.07) is 15.2. The Morgan fingerprint density at radius 3 is 2.21 bits per heavy atom. The predicted octanol–water partition coefficient (Wildman–Crippen LogP) is 3.47. The molecule has 0 aliphatic heterocycles. The van der Waals surface area contributed by atoms with E-state index in [1.165, 1.54) is 11.1 Å². The standard InChI is InChI=1S/C20H25NO3/c1-3-18(14-22)21(12-16-9-5-4-8-15(16)2)13-17-10-6-7-11-19(17)20(23)24/h4-11,18,22H,3,12-14H2,1-2H3,(H,23,24)/t18-/m1/s1. The van der Waals surface area contributed by atoms with Crippen LogP contribution in [0.2, 0.25) is 0 Å². The van der Waals surface area contributed by atoms with E-state index in [1.54, 1.807) is 12.1 Å². The molecule has 0 aliphatic rings. The molecule has 4 nitrogen and oxygen atoms in total. The first-order chi connectivity index (χ1) is 11.6. The molecule has 128 valence electrons. The molecule has 1 atom stereocenters. The van der Waals surface area contributed by atoms with Crippen molar-refractivity contribution in [3.8, 4) is 0 Å². The van der Waals surface area contributed by atoms with E-state index in [0.29, 0.717) is 18.7 Å². The van der Waals surface area contributed by atoms with Crippen LogP contribution in [0, 0.1) is 6.92 Å². The van der Waals surface area contributed by atoms with Gasteiger partial charge in [-0.05, 0) is 36.1 Å². The zero-order valence-corrected chi connectivity index (χ0v) is 14.3. The zero-order chi connectivity index (χ0) is 17.5. The summed E-state index contributed by atoms with van der Waals surface area (Å²) < 4.78 is 0. The molecule has 0 aromatic heterocycles. The minimum absolute atomic E-state index is 0.00791. The number of hydrogen-bond donors (Lipinski definition) is 2. The average Bonchev–Trinajstić information content (AvgIpc) is 2.58. The summed E-state index contributed by atoms with van der Waals surface area (Å²) in [7, 11) is 0. The van der Waals surface area contributed by atoms with E-state index in [2.05, 4.69) is 24.0 Å². The number of carbonyl (C=O) groups is 1. The van der Waals surface area contributed by atoms with Crippen molar-refractivity contribution < 1.29 is 15.0 Å². The molecule has 2 aromatic rings. The summed E-state index contributed by atoms with van der Waals surface area (Å²) in [5, 5.41) is 19.1. The fourth-order valence-electron chi connectivity index (χ4n) is 2.91. The zero-order valence-electron chi connectivity index (χ0n) is 14.3. The number of carboxylic acids is 1. The highest BCUT2D eigenvalue weighted by Crippen LogP contribution is 2.19. The highest BCUT2D eigenvalue weighted by molar-refractivity contribution is 5.89. The molecule has 0 aliphatic carbocycles. The summed E-state index contributed by atoms with van der Waals surface area (Å²) in [5.74, 6) is -0.918. The Bertz CT molecular complexity index is 680. The largest absolute Gasteiger partial charge is 0.478 e. The number of aryl methyl sites for hydroxylation is 1. The second kappa shape index (κ2) is 8.62. The summed E-state index contributed by atoms with van der Waals surface area (Å²) in [6.07, 6.45) is 0.803. The second-order valence-corrected chi connectivity index (χ2v) is 6.04. The van der Waals surface area contributed by atoms with Crippen molar-refractivity contribution in [2.75, 3.05) is 6.61 Å². The van der Waals surface area contributed by atoms with Crippen LogP contribution in [0.25, 0.3) is 0 Å². The first-order valence-corrected chi connectivity index (χ1v) is 8.27. The molecule has 2 N–H and O–H groups in total. The lowest BCUT2D eigenvalue weighted by Crippen LogP contribution is -2.37. The van der Waals surface area contributed by atoms with Crippen LogP contribution in [-0.2, 0) is 13.1 Å². The van der Waals surface area contributed by atoms with E-state index < -0.39 is 5.97 Å². The molecule has 24 heavy (non-hydrogen) atoms. The van der Waals surface area contributed by atoms with Crippen molar-refractivity contribution in [1.29, 1.82) is 0 Å². The van der Waals surface area contributed by atoms with Crippen LogP contribution in [0.1, 0.15) is 40.4 Å². The number of aliphatic hydroxyl groups is 1. The van der Waals surface area contributed by atoms with Gasteiger partial charge in [0.05, 0.1) is 12.2 Å². The summed E-state index contributed by atoms with van der Waals surface area (Å²) >= 11 is 0. The molecule has 2 aromatic carbocycles. The molecule has 0 unspecified atom stereocenters. The van der Waals surface area contributed by atoms with Gasteiger partial charge in [0, 0.05) is 19.1 Å². The minimum Gasteiger partial charge on any atom is -0.478 e. The topological polar surface area (TPSA) is 60.8 Å². The van der Waals surface area contributed by atoms with E-state index in [-0.39, 0.29) is 12.6 Å². The Labute approximate surface area is 143 Å². The smallest absolute Gasteiger partial charge is 0.336 e. The average molecular weight is 327 g/mol. The molecule has 0 bridgehead atoms. The lowest BCUT2D eigenvalue weighted by Gasteiger charge is -2.31. The first kappa shape index (κ1) is 18.2. The molecule has 0 fully saturated rings. The number of rotatable bonds is 8. The van der Waals surface area contributed by atoms with Crippen LogP contribution in [0.15, 0.2) is 48.5 Å². The number of carboxylic acid groups (broad SMARTS) is 1. The fraction of sp³-hybridized carbons (Fsp3) is 0.350. The quantitative estimate of drug-likeness (QED) is 0.779. The Kier molecular flexibility index (Phi) is 6.53. The third kappa shape index (κ3) is 4.43. The van der Waals surface area contributed by atoms with Gasteiger partial charge in [0.15, 0.2) is 0 Å². The monoisotopic (exact) mass is 327 g/mol. The molecular formula is C20H25NO3. The maximum atomic E-state index is 11.5. The molecule has 4 heteroatoms. The summed E-state index contributed by atoms with van der Waals surface area (Å²) in [5.41, 5.74) is 3.48. The van der Waals surface area contributed by atoms with E-state index in [1.807, 2.05) is 31.2 Å². The maximum Gasteiger partial charge on any atom is 0.336 e. The molecule has 0 saturated carbocycles. The van der Waals surface area contributed by atoms with Gasteiger partial charge in [-0.25, -0.2) is 4.79 Å². The van der Waals surface area contributed by atoms with E-state index in [4.69, 9.17) is 0 Å². The SMILES string of the molecule is CC[C@H](CO)N(Cc1ccccc1C)Cc1ccccc1C(=O)O. The van der Waals surface area contributed by atoms with Crippen molar-refractivity contribution in [3.63, 3.8) is 0 Å². The van der Waals surface area contributed by atoms with Crippen molar-refractivity contribution in [2.45, 2.75) is 39.4 Å². The molecule has 2 rings (SSSR count). The van der Waals surface area contributed by atoms with Gasteiger partial charge in [-0.3, -0.25) is 4.90 Å². The number of hydrogen-bond acceptors (Lipinski definition) is 3. The van der Waals surface area contributed by atoms with Gasteiger partial charge in [-0.1, -0.05) is 49.4 Å². The van der Waals surface area contributed by atoms with Crippen molar-refractivity contribution in [3.05, 3.63) is 70.8 Å². The fourth-order valence-corrected chi connectivity index (χ4v) is 2.91. The maximum absolute atomic E-state index is 11.5. The third-order valence-electron chi connectivity index (χ3n) is 4.45. The Morgan fingerprint density at radius 2 is 1.62 bits per heavy atom. The summed E-state index contributed by atoms with van der Waals surface area (Å²) in [4.78, 5) is 13.6. The van der Waals surface area contributed by atoms with Crippen molar-refractivity contribution in [2.24, 2.45) is 0 Å². The van der Waals surface area contributed by atoms with Crippen molar-refractivity contribution >= 4 is 5.97 Å². The second-order valence-electron chi connectivity index (χ2n) is 6.04. The van der Waals surface area contributed by atoms with Crippen LogP contribution in [0.3, 0.4) is 0 Å². The number of aliphatic hydroxyl groups excluding tert-OH is 1. The lowest BCUT2D eigenvalue weighted by atomic mass is 10.0. The molecule has 0 saturated heterocycles. The third-order valence-corrected chi connectivity index (χ3v) is 4.45. The molecule has 0 spiro atoms.